The third-order valence-electron chi connectivity index (χ3n) is 2.32. The molecular formula is C11H13NO3. The van der Waals surface area contributed by atoms with Crippen LogP contribution in [0.1, 0.15) is 17.3 Å². The molecule has 1 N–H and O–H groups in total. The Balaban J connectivity index is 2.44. The number of nitrogens with one attached hydrogen (secondary N) is 1. The van der Waals surface area contributed by atoms with E-state index in [2.05, 4.69) is 5.32 Å². The van der Waals surface area contributed by atoms with Gasteiger partial charge in [-0.3, -0.25) is 0 Å². The molecule has 4 nitrogen and oxygen atoms in total. The van der Waals surface area contributed by atoms with Gasteiger partial charge in [0.25, 0.3) is 0 Å². The third kappa shape index (κ3) is 1.75. The SMILES string of the molecule is COC(=O)c1cccc2c1OC(C)CN2. The molecular weight excluding hydrogens is 194 g/mol. The highest BCUT2D eigenvalue weighted by Crippen LogP contribution is 2.33. The minimum Gasteiger partial charge on any atom is -0.486 e. The van der Waals surface area contributed by atoms with E-state index in [1.165, 1.54) is 7.11 Å². The number of fused-ring (bicyclic) bond motifs is 1. The number of benzene rings is 1. The Bertz CT molecular complexity index is 389. The lowest BCUT2D eigenvalue weighted by Gasteiger charge is -2.26. The zero-order valence-electron chi connectivity index (χ0n) is 8.74. The van der Waals surface area contributed by atoms with E-state index in [-0.39, 0.29) is 12.1 Å². The number of carbonyl (C=O) groups is 1. The maximum atomic E-state index is 11.5. The van der Waals surface area contributed by atoms with Crippen molar-refractivity contribution < 1.29 is 14.3 Å². The Morgan fingerprint density at radius 3 is 3.13 bits per heavy atom. The maximum Gasteiger partial charge on any atom is 0.341 e. The van der Waals surface area contributed by atoms with Gasteiger partial charge < -0.3 is 14.8 Å². The summed E-state index contributed by atoms with van der Waals surface area (Å²) in [6.45, 7) is 2.70. The number of hydrogen-bond acceptors (Lipinski definition) is 4. The van der Waals surface area contributed by atoms with Crippen molar-refractivity contribution in [3.63, 3.8) is 0 Å². The van der Waals surface area contributed by atoms with Gasteiger partial charge in [-0.2, -0.15) is 0 Å². The quantitative estimate of drug-likeness (QED) is 0.711. The van der Waals surface area contributed by atoms with Crippen molar-refractivity contribution in [1.29, 1.82) is 0 Å². The molecule has 0 aliphatic carbocycles. The van der Waals surface area contributed by atoms with Crippen LogP contribution in [0.15, 0.2) is 18.2 Å². The van der Waals surface area contributed by atoms with Gasteiger partial charge in [-0.15, -0.1) is 0 Å². The Hall–Kier alpha value is -1.71. The molecule has 4 heteroatoms. The Morgan fingerprint density at radius 1 is 1.60 bits per heavy atom. The van der Waals surface area contributed by atoms with Crippen LogP contribution in [-0.4, -0.2) is 25.7 Å². The smallest absolute Gasteiger partial charge is 0.341 e. The number of methoxy groups -OCH3 is 1. The van der Waals surface area contributed by atoms with E-state index < -0.39 is 0 Å². The summed E-state index contributed by atoms with van der Waals surface area (Å²) in [5.74, 6) is 0.214. The van der Waals surface area contributed by atoms with Crippen LogP contribution in [0.2, 0.25) is 0 Å². The molecule has 0 saturated heterocycles. The maximum absolute atomic E-state index is 11.5. The highest BCUT2D eigenvalue weighted by Gasteiger charge is 2.22. The molecule has 1 aliphatic rings. The minimum atomic E-state index is -0.372. The summed E-state index contributed by atoms with van der Waals surface area (Å²) in [5.41, 5.74) is 1.31. The minimum absolute atomic E-state index is 0.0586. The second-order valence-electron chi connectivity index (χ2n) is 3.48. The fraction of sp³-hybridized carbons (Fsp3) is 0.364. The first-order valence-electron chi connectivity index (χ1n) is 4.84. The first-order valence-corrected chi connectivity index (χ1v) is 4.84. The van der Waals surface area contributed by atoms with Gasteiger partial charge in [0.15, 0.2) is 5.75 Å². The largest absolute Gasteiger partial charge is 0.486 e. The zero-order chi connectivity index (χ0) is 10.8. The molecule has 0 amide bonds. The molecule has 0 saturated carbocycles. The summed E-state index contributed by atoms with van der Waals surface area (Å²) in [6, 6.07) is 5.38. The molecule has 0 fully saturated rings. The lowest BCUT2D eigenvalue weighted by molar-refractivity contribution is 0.0593. The van der Waals surface area contributed by atoms with E-state index in [1.54, 1.807) is 12.1 Å². The first kappa shape index (κ1) is 9.83. The summed E-state index contributed by atoms with van der Waals surface area (Å²) < 4.78 is 10.3. The molecule has 1 aromatic carbocycles. The van der Waals surface area contributed by atoms with Crippen molar-refractivity contribution in [2.45, 2.75) is 13.0 Å². The zero-order valence-corrected chi connectivity index (χ0v) is 8.74. The van der Waals surface area contributed by atoms with E-state index in [0.29, 0.717) is 11.3 Å². The molecule has 2 rings (SSSR count). The second kappa shape index (κ2) is 3.81. The van der Waals surface area contributed by atoms with Crippen molar-refractivity contribution >= 4 is 11.7 Å². The molecule has 0 spiro atoms. The van der Waals surface area contributed by atoms with Crippen LogP contribution in [0.25, 0.3) is 0 Å². The molecule has 80 valence electrons. The van der Waals surface area contributed by atoms with E-state index in [9.17, 15) is 4.79 Å². The van der Waals surface area contributed by atoms with Gasteiger partial charge in [-0.05, 0) is 19.1 Å². The Labute approximate surface area is 88.2 Å². The van der Waals surface area contributed by atoms with Gasteiger partial charge >= 0.3 is 5.97 Å². The normalized spacial score (nSPS) is 18.4. The summed E-state index contributed by atoms with van der Waals surface area (Å²) in [7, 11) is 1.36. The van der Waals surface area contributed by atoms with Crippen LogP contribution in [0.4, 0.5) is 5.69 Å². The summed E-state index contributed by atoms with van der Waals surface area (Å²) in [6.07, 6.45) is 0.0586. The number of esters is 1. The van der Waals surface area contributed by atoms with Crippen molar-refractivity contribution in [1.82, 2.24) is 0 Å². The van der Waals surface area contributed by atoms with Crippen LogP contribution in [-0.2, 0) is 4.74 Å². The molecule has 1 atom stereocenters. The first-order chi connectivity index (χ1) is 7.22. The van der Waals surface area contributed by atoms with Crippen molar-refractivity contribution in [3.05, 3.63) is 23.8 Å². The van der Waals surface area contributed by atoms with Gasteiger partial charge in [0, 0.05) is 0 Å². The van der Waals surface area contributed by atoms with Crippen LogP contribution in [0.3, 0.4) is 0 Å². The molecule has 15 heavy (non-hydrogen) atoms. The fourth-order valence-corrected chi connectivity index (χ4v) is 1.57. The van der Waals surface area contributed by atoms with Gasteiger partial charge in [-0.25, -0.2) is 4.79 Å². The number of hydrogen-bond donors (Lipinski definition) is 1. The van der Waals surface area contributed by atoms with Gasteiger partial charge in [-0.1, -0.05) is 6.07 Å². The number of rotatable bonds is 1. The van der Waals surface area contributed by atoms with Gasteiger partial charge in [0.05, 0.1) is 19.3 Å². The molecule has 1 aromatic rings. The predicted molar refractivity (Wildman–Crippen MR) is 56.4 cm³/mol. The third-order valence-corrected chi connectivity index (χ3v) is 2.32. The summed E-state index contributed by atoms with van der Waals surface area (Å²) in [5, 5.41) is 3.20. The van der Waals surface area contributed by atoms with Crippen LogP contribution >= 0.6 is 0 Å². The van der Waals surface area contributed by atoms with Crippen LogP contribution < -0.4 is 10.1 Å². The predicted octanol–water partition coefficient (Wildman–Crippen LogP) is 1.67. The van der Waals surface area contributed by atoms with E-state index in [4.69, 9.17) is 9.47 Å². The molecule has 0 bridgehead atoms. The molecule has 1 aliphatic heterocycles. The van der Waals surface area contributed by atoms with Gasteiger partial charge in [0.1, 0.15) is 11.7 Å². The Morgan fingerprint density at radius 2 is 2.40 bits per heavy atom. The van der Waals surface area contributed by atoms with Crippen LogP contribution in [0, 0.1) is 0 Å². The highest BCUT2D eigenvalue weighted by molar-refractivity contribution is 5.95. The fourth-order valence-electron chi connectivity index (χ4n) is 1.57. The summed E-state index contributed by atoms with van der Waals surface area (Å²) in [4.78, 5) is 11.5. The standard InChI is InChI=1S/C11H13NO3/c1-7-6-12-9-5-3-4-8(10(9)15-7)11(13)14-2/h3-5,7,12H,6H2,1-2H3. The average molecular weight is 207 g/mol. The molecule has 1 heterocycles. The summed E-state index contributed by atoms with van der Waals surface area (Å²) >= 11 is 0. The van der Waals surface area contributed by atoms with Crippen molar-refractivity contribution in [3.8, 4) is 5.75 Å². The van der Waals surface area contributed by atoms with Crippen LogP contribution in [0.5, 0.6) is 5.75 Å². The lowest BCUT2D eigenvalue weighted by atomic mass is 10.1. The highest BCUT2D eigenvalue weighted by atomic mass is 16.5. The van der Waals surface area contributed by atoms with E-state index in [0.717, 1.165) is 12.2 Å². The number of para-hydroxylation sites is 1. The average Bonchev–Trinajstić information content (AvgIpc) is 2.27. The van der Waals surface area contributed by atoms with Crippen molar-refractivity contribution in [2.24, 2.45) is 0 Å². The molecule has 0 radical (unpaired) electrons. The topological polar surface area (TPSA) is 47.6 Å². The number of anilines is 1. The van der Waals surface area contributed by atoms with Gasteiger partial charge in [0.2, 0.25) is 0 Å². The molecule has 0 aromatic heterocycles. The second-order valence-corrected chi connectivity index (χ2v) is 3.48. The van der Waals surface area contributed by atoms with E-state index >= 15 is 0 Å². The van der Waals surface area contributed by atoms with Crippen molar-refractivity contribution in [2.75, 3.05) is 19.0 Å². The monoisotopic (exact) mass is 207 g/mol. The number of ether oxygens (including phenoxy) is 2. The Kier molecular flexibility index (Phi) is 2.49. The number of carbonyl (C=O) groups excluding carboxylic acids is 1. The van der Waals surface area contributed by atoms with E-state index in [1.807, 2.05) is 13.0 Å². The lowest BCUT2D eigenvalue weighted by Crippen LogP contribution is -2.28. The molecule has 1 unspecified atom stereocenters.